The number of carbonyl (C=O) groups is 1. The maximum absolute atomic E-state index is 10.4. The van der Waals surface area contributed by atoms with Crippen LogP contribution in [0.4, 0.5) is 0 Å². The number of ether oxygens (including phenoxy) is 1. The summed E-state index contributed by atoms with van der Waals surface area (Å²) in [6.45, 7) is 5.51. The van der Waals surface area contributed by atoms with Crippen LogP contribution in [-0.4, -0.2) is 44.1 Å². The smallest absolute Gasteiger partial charge is 0.210 e. The molecule has 5 heteroatoms. The Morgan fingerprint density at radius 1 is 1.45 bits per heavy atom. The molecule has 0 spiro atoms. The van der Waals surface area contributed by atoms with Crippen LogP contribution in [0, 0.1) is 0 Å². The molecule has 1 unspecified atom stereocenters. The summed E-state index contributed by atoms with van der Waals surface area (Å²) in [5.74, 6) is 0. The van der Waals surface area contributed by atoms with E-state index in [1.165, 1.54) is 0 Å². The summed E-state index contributed by atoms with van der Waals surface area (Å²) in [5.41, 5.74) is 1.15. The van der Waals surface area contributed by atoms with Gasteiger partial charge < -0.3 is 15.0 Å². The lowest BCUT2D eigenvalue weighted by atomic mass is 10.1. The standard InChI is InChI=1S/C8H9ClO.C7H14N2O/c1-10-6-7-2-4-8(9)5-3-7;1-2-7-5-8-3-4-9(7)6-10/h2-5H,6H2,1H3;6-8H,2-5H2,1H3. The minimum absolute atomic E-state index is 0.422. The average Bonchev–Trinajstić information content (AvgIpc) is 2.50. The first-order chi connectivity index (χ1) is 9.71. The number of hydrogen-bond donors (Lipinski definition) is 1. The van der Waals surface area contributed by atoms with Crippen molar-refractivity contribution >= 4 is 18.0 Å². The number of amides is 1. The highest BCUT2D eigenvalue weighted by molar-refractivity contribution is 6.30. The van der Waals surface area contributed by atoms with Crippen LogP contribution in [0.25, 0.3) is 0 Å². The van der Waals surface area contributed by atoms with Crippen LogP contribution in [0.1, 0.15) is 18.9 Å². The van der Waals surface area contributed by atoms with Gasteiger partial charge in [-0.2, -0.15) is 0 Å². The first-order valence-electron chi connectivity index (χ1n) is 6.86. The van der Waals surface area contributed by atoms with Crippen LogP contribution >= 0.6 is 11.6 Å². The van der Waals surface area contributed by atoms with E-state index in [2.05, 4.69) is 12.2 Å². The Morgan fingerprint density at radius 3 is 2.65 bits per heavy atom. The monoisotopic (exact) mass is 298 g/mol. The normalized spacial score (nSPS) is 18.1. The molecule has 1 aromatic carbocycles. The van der Waals surface area contributed by atoms with Crippen molar-refractivity contribution in [3.8, 4) is 0 Å². The van der Waals surface area contributed by atoms with E-state index < -0.39 is 0 Å². The van der Waals surface area contributed by atoms with Crippen molar-refractivity contribution in [1.82, 2.24) is 10.2 Å². The number of piperazine rings is 1. The lowest BCUT2D eigenvalue weighted by molar-refractivity contribution is -0.121. The largest absolute Gasteiger partial charge is 0.380 e. The van der Waals surface area contributed by atoms with Gasteiger partial charge in [-0.25, -0.2) is 0 Å². The molecule has 1 N–H and O–H groups in total. The number of hydrogen-bond acceptors (Lipinski definition) is 3. The topological polar surface area (TPSA) is 41.6 Å². The van der Waals surface area contributed by atoms with Gasteiger partial charge in [-0.15, -0.1) is 0 Å². The van der Waals surface area contributed by atoms with Crippen molar-refractivity contribution in [3.05, 3.63) is 34.9 Å². The second-order valence-corrected chi connectivity index (χ2v) is 5.11. The summed E-state index contributed by atoms with van der Waals surface area (Å²) in [5, 5.41) is 4.01. The Kier molecular flexibility index (Phi) is 8.26. The number of halogens is 1. The average molecular weight is 299 g/mol. The SMILES string of the molecule is CCC1CNCCN1C=O.COCc1ccc(Cl)cc1. The van der Waals surface area contributed by atoms with Crippen molar-refractivity contribution in [1.29, 1.82) is 0 Å². The minimum atomic E-state index is 0.422. The summed E-state index contributed by atoms with van der Waals surface area (Å²) in [6, 6.07) is 8.04. The molecule has 4 nitrogen and oxygen atoms in total. The summed E-state index contributed by atoms with van der Waals surface area (Å²) in [7, 11) is 1.68. The highest BCUT2D eigenvalue weighted by Crippen LogP contribution is 2.09. The maximum atomic E-state index is 10.4. The highest BCUT2D eigenvalue weighted by Gasteiger charge is 2.17. The molecular weight excluding hydrogens is 276 g/mol. The van der Waals surface area contributed by atoms with Crippen molar-refractivity contribution < 1.29 is 9.53 Å². The maximum Gasteiger partial charge on any atom is 0.210 e. The second-order valence-electron chi connectivity index (χ2n) is 4.67. The van der Waals surface area contributed by atoms with Crippen LogP contribution in [0.3, 0.4) is 0 Å². The third-order valence-corrected chi connectivity index (χ3v) is 3.48. The quantitative estimate of drug-likeness (QED) is 0.867. The van der Waals surface area contributed by atoms with E-state index in [9.17, 15) is 4.79 Å². The van der Waals surface area contributed by atoms with Gasteiger partial charge in [0.1, 0.15) is 0 Å². The minimum Gasteiger partial charge on any atom is -0.380 e. The van der Waals surface area contributed by atoms with E-state index in [1.807, 2.05) is 29.2 Å². The molecule has 1 amide bonds. The molecule has 1 aliphatic rings. The molecule has 1 aromatic rings. The fraction of sp³-hybridized carbons (Fsp3) is 0.533. The van der Waals surface area contributed by atoms with E-state index >= 15 is 0 Å². The van der Waals surface area contributed by atoms with Gasteiger partial charge in [-0.3, -0.25) is 4.79 Å². The molecule has 1 heterocycles. The first kappa shape index (κ1) is 17.0. The Balaban J connectivity index is 0.000000200. The van der Waals surface area contributed by atoms with Crippen molar-refractivity contribution in [2.24, 2.45) is 0 Å². The zero-order chi connectivity index (χ0) is 14.8. The molecule has 20 heavy (non-hydrogen) atoms. The third-order valence-electron chi connectivity index (χ3n) is 3.23. The number of nitrogens with zero attached hydrogens (tertiary/aromatic N) is 1. The molecule has 1 atom stereocenters. The first-order valence-corrected chi connectivity index (χ1v) is 7.24. The number of benzene rings is 1. The molecular formula is C15H23ClN2O2. The Hall–Kier alpha value is -1.10. The Bertz CT molecular complexity index is 384. The molecule has 1 fully saturated rings. The van der Waals surface area contributed by atoms with Crippen molar-refractivity contribution in [2.75, 3.05) is 26.7 Å². The van der Waals surface area contributed by atoms with Gasteiger partial charge in [-0.05, 0) is 24.1 Å². The molecule has 0 saturated carbocycles. The zero-order valence-electron chi connectivity index (χ0n) is 12.1. The molecule has 1 aliphatic heterocycles. The Morgan fingerprint density at radius 2 is 2.15 bits per heavy atom. The number of methoxy groups -OCH3 is 1. The van der Waals surface area contributed by atoms with E-state index in [4.69, 9.17) is 16.3 Å². The van der Waals surface area contributed by atoms with Gasteiger partial charge in [0, 0.05) is 37.8 Å². The third kappa shape index (κ3) is 5.90. The molecule has 0 bridgehead atoms. The van der Waals surface area contributed by atoms with Gasteiger partial charge in [0.25, 0.3) is 0 Å². The fourth-order valence-electron chi connectivity index (χ4n) is 2.04. The summed E-state index contributed by atoms with van der Waals surface area (Å²) in [4.78, 5) is 12.3. The molecule has 112 valence electrons. The Labute approximate surface area is 126 Å². The molecule has 0 aromatic heterocycles. The van der Waals surface area contributed by atoms with E-state index in [0.29, 0.717) is 12.6 Å². The number of carbonyl (C=O) groups excluding carboxylic acids is 1. The lowest BCUT2D eigenvalue weighted by Gasteiger charge is -2.32. The molecule has 1 saturated heterocycles. The highest BCUT2D eigenvalue weighted by atomic mass is 35.5. The predicted octanol–water partition coefficient (Wildman–Crippen LogP) is 2.31. The summed E-state index contributed by atoms with van der Waals surface area (Å²) >= 11 is 5.67. The molecule has 2 rings (SSSR count). The number of nitrogens with one attached hydrogen (secondary N) is 1. The lowest BCUT2D eigenvalue weighted by Crippen LogP contribution is -2.50. The van der Waals surface area contributed by atoms with Crippen LogP contribution < -0.4 is 5.32 Å². The van der Waals surface area contributed by atoms with Gasteiger partial charge in [0.05, 0.1) is 6.61 Å². The van der Waals surface area contributed by atoms with Crippen LogP contribution in [0.2, 0.25) is 5.02 Å². The summed E-state index contributed by atoms with van der Waals surface area (Å²) in [6.07, 6.45) is 2.00. The van der Waals surface area contributed by atoms with Gasteiger partial charge >= 0.3 is 0 Å². The van der Waals surface area contributed by atoms with E-state index in [1.54, 1.807) is 7.11 Å². The van der Waals surface area contributed by atoms with Gasteiger partial charge in [0.2, 0.25) is 6.41 Å². The van der Waals surface area contributed by atoms with Crippen LogP contribution in [-0.2, 0) is 16.1 Å². The number of rotatable bonds is 4. The van der Waals surface area contributed by atoms with Gasteiger partial charge in [0.15, 0.2) is 0 Å². The zero-order valence-corrected chi connectivity index (χ0v) is 12.9. The van der Waals surface area contributed by atoms with Crippen LogP contribution in [0.5, 0.6) is 0 Å². The van der Waals surface area contributed by atoms with Crippen LogP contribution in [0.15, 0.2) is 24.3 Å². The summed E-state index contributed by atoms with van der Waals surface area (Å²) < 4.78 is 4.92. The van der Waals surface area contributed by atoms with Gasteiger partial charge in [-0.1, -0.05) is 30.7 Å². The van der Waals surface area contributed by atoms with Crippen molar-refractivity contribution in [3.63, 3.8) is 0 Å². The van der Waals surface area contributed by atoms with E-state index in [0.717, 1.165) is 43.1 Å². The fourth-order valence-corrected chi connectivity index (χ4v) is 2.17. The predicted molar refractivity (Wildman–Crippen MR) is 81.9 cm³/mol. The van der Waals surface area contributed by atoms with E-state index in [-0.39, 0.29) is 0 Å². The van der Waals surface area contributed by atoms with Crippen molar-refractivity contribution in [2.45, 2.75) is 26.0 Å². The molecule has 0 radical (unpaired) electrons. The second kappa shape index (κ2) is 9.75. The molecule has 0 aliphatic carbocycles.